The zero-order chi connectivity index (χ0) is 12.8. The molecule has 0 saturated heterocycles. The van der Waals surface area contributed by atoms with E-state index < -0.39 is 0 Å². The second-order valence-corrected chi connectivity index (χ2v) is 4.27. The Morgan fingerprint density at radius 1 is 1.47 bits per heavy atom. The summed E-state index contributed by atoms with van der Waals surface area (Å²) in [7, 11) is 3.63. The number of hydrogen-bond acceptors (Lipinski definition) is 4. The van der Waals surface area contributed by atoms with Gasteiger partial charge in [0.25, 0.3) is 0 Å². The molecule has 0 amide bonds. The third kappa shape index (κ3) is 3.36. The fourth-order valence-electron chi connectivity index (χ4n) is 1.97. The number of nitrogens with one attached hydrogen (secondary N) is 1. The molecule has 17 heavy (non-hydrogen) atoms. The zero-order valence-corrected chi connectivity index (χ0v) is 11.3. The Kier molecular flexibility index (Phi) is 5.28. The van der Waals surface area contributed by atoms with E-state index >= 15 is 0 Å². The predicted octanol–water partition coefficient (Wildman–Crippen LogP) is 1.79. The molecular formula is C12H24N4O. The Morgan fingerprint density at radius 3 is 2.65 bits per heavy atom. The van der Waals surface area contributed by atoms with Gasteiger partial charge in [0.15, 0.2) is 0 Å². The SMILES string of the molecule is CCCC(COC)Nc1c(N)c(CC)nn1C. The molecule has 1 aromatic heterocycles. The third-order valence-corrected chi connectivity index (χ3v) is 2.84. The summed E-state index contributed by atoms with van der Waals surface area (Å²) in [6, 6.07) is 0.285. The minimum atomic E-state index is 0.285. The van der Waals surface area contributed by atoms with E-state index in [-0.39, 0.29) is 6.04 Å². The molecule has 0 radical (unpaired) electrons. The smallest absolute Gasteiger partial charge is 0.148 e. The van der Waals surface area contributed by atoms with Crippen LogP contribution in [0.4, 0.5) is 11.5 Å². The lowest BCUT2D eigenvalue weighted by molar-refractivity contribution is 0.182. The van der Waals surface area contributed by atoms with Crippen LogP contribution >= 0.6 is 0 Å². The number of aryl methyl sites for hydroxylation is 2. The number of nitrogens with zero attached hydrogens (tertiary/aromatic N) is 2. The van der Waals surface area contributed by atoms with Gasteiger partial charge in [-0.25, -0.2) is 0 Å². The van der Waals surface area contributed by atoms with Crippen LogP contribution in [-0.2, 0) is 18.2 Å². The third-order valence-electron chi connectivity index (χ3n) is 2.84. The molecule has 0 fully saturated rings. The first-order valence-electron chi connectivity index (χ1n) is 6.20. The van der Waals surface area contributed by atoms with E-state index in [0.717, 1.165) is 36.5 Å². The highest BCUT2D eigenvalue weighted by Crippen LogP contribution is 2.23. The number of hydrogen-bond donors (Lipinski definition) is 2. The summed E-state index contributed by atoms with van der Waals surface area (Å²) in [6.07, 6.45) is 3.02. The molecule has 1 aromatic rings. The molecule has 0 aliphatic carbocycles. The maximum Gasteiger partial charge on any atom is 0.148 e. The standard InChI is InChI=1S/C12H24N4O/c1-5-7-9(8-17-4)14-12-11(13)10(6-2)15-16(12)3/h9,14H,5-8,13H2,1-4H3. The molecule has 0 aliphatic heterocycles. The first kappa shape index (κ1) is 13.8. The zero-order valence-electron chi connectivity index (χ0n) is 11.3. The van der Waals surface area contributed by atoms with Gasteiger partial charge in [0.2, 0.25) is 0 Å². The van der Waals surface area contributed by atoms with Crippen molar-refractivity contribution in [2.45, 2.75) is 39.2 Å². The van der Waals surface area contributed by atoms with Crippen molar-refractivity contribution in [3.63, 3.8) is 0 Å². The average molecular weight is 240 g/mol. The van der Waals surface area contributed by atoms with Crippen LogP contribution in [0, 0.1) is 0 Å². The second kappa shape index (κ2) is 6.49. The van der Waals surface area contributed by atoms with Crippen molar-refractivity contribution in [1.29, 1.82) is 0 Å². The van der Waals surface area contributed by atoms with E-state index in [0.29, 0.717) is 6.61 Å². The fraction of sp³-hybridized carbons (Fsp3) is 0.750. The summed E-state index contributed by atoms with van der Waals surface area (Å²) < 4.78 is 7.02. The van der Waals surface area contributed by atoms with E-state index in [1.54, 1.807) is 7.11 Å². The van der Waals surface area contributed by atoms with E-state index in [1.165, 1.54) is 0 Å². The number of methoxy groups -OCH3 is 1. The van der Waals surface area contributed by atoms with Gasteiger partial charge in [0, 0.05) is 14.2 Å². The number of aromatic nitrogens is 2. The quantitative estimate of drug-likeness (QED) is 0.762. The number of nitrogen functional groups attached to an aromatic ring is 1. The summed E-state index contributed by atoms with van der Waals surface area (Å²) in [6.45, 7) is 4.90. The minimum absolute atomic E-state index is 0.285. The highest BCUT2D eigenvalue weighted by molar-refractivity contribution is 5.65. The van der Waals surface area contributed by atoms with E-state index in [4.69, 9.17) is 10.5 Å². The van der Waals surface area contributed by atoms with Gasteiger partial charge in [-0.05, 0) is 12.8 Å². The Bertz CT molecular complexity index is 343. The summed E-state index contributed by atoms with van der Waals surface area (Å²) in [5.41, 5.74) is 7.77. The van der Waals surface area contributed by atoms with Gasteiger partial charge in [-0.2, -0.15) is 5.10 Å². The maximum atomic E-state index is 6.07. The van der Waals surface area contributed by atoms with Crippen LogP contribution in [0.1, 0.15) is 32.4 Å². The number of anilines is 2. The molecule has 0 saturated carbocycles. The molecule has 0 spiro atoms. The van der Waals surface area contributed by atoms with Gasteiger partial charge in [0.1, 0.15) is 5.82 Å². The van der Waals surface area contributed by atoms with Crippen LogP contribution in [0.3, 0.4) is 0 Å². The topological polar surface area (TPSA) is 65.1 Å². The van der Waals surface area contributed by atoms with E-state index in [2.05, 4.69) is 24.3 Å². The molecular weight excluding hydrogens is 216 g/mol. The number of rotatable bonds is 7. The lowest BCUT2D eigenvalue weighted by Gasteiger charge is -2.18. The van der Waals surface area contributed by atoms with Crippen molar-refractivity contribution < 1.29 is 4.74 Å². The van der Waals surface area contributed by atoms with Crippen molar-refractivity contribution >= 4 is 11.5 Å². The molecule has 0 aliphatic rings. The van der Waals surface area contributed by atoms with Gasteiger partial charge in [0.05, 0.1) is 24.0 Å². The van der Waals surface area contributed by atoms with Crippen LogP contribution in [0.2, 0.25) is 0 Å². The fourth-order valence-corrected chi connectivity index (χ4v) is 1.97. The molecule has 1 atom stereocenters. The van der Waals surface area contributed by atoms with Crippen LogP contribution < -0.4 is 11.1 Å². The van der Waals surface area contributed by atoms with Crippen molar-refractivity contribution in [2.75, 3.05) is 24.8 Å². The normalized spacial score (nSPS) is 12.7. The summed E-state index contributed by atoms with van der Waals surface area (Å²) in [4.78, 5) is 0. The van der Waals surface area contributed by atoms with Crippen LogP contribution in [0.15, 0.2) is 0 Å². The first-order valence-corrected chi connectivity index (χ1v) is 6.20. The van der Waals surface area contributed by atoms with Crippen LogP contribution in [-0.4, -0.2) is 29.5 Å². The van der Waals surface area contributed by atoms with Gasteiger partial charge in [-0.15, -0.1) is 0 Å². The van der Waals surface area contributed by atoms with Gasteiger partial charge in [-0.3, -0.25) is 4.68 Å². The molecule has 1 heterocycles. The number of nitrogens with two attached hydrogens (primary N) is 1. The number of ether oxygens (including phenoxy) is 1. The van der Waals surface area contributed by atoms with Gasteiger partial charge < -0.3 is 15.8 Å². The summed E-state index contributed by atoms with van der Waals surface area (Å²) in [5.74, 6) is 0.900. The van der Waals surface area contributed by atoms with Crippen LogP contribution in [0.5, 0.6) is 0 Å². The Labute approximate surface area is 103 Å². The Morgan fingerprint density at radius 2 is 2.18 bits per heavy atom. The van der Waals surface area contributed by atoms with Gasteiger partial charge in [-0.1, -0.05) is 20.3 Å². The monoisotopic (exact) mass is 240 g/mol. The Hall–Kier alpha value is -1.23. The van der Waals surface area contributed by atoms with Crippen LogP contribution in [0.25, 0.3) is 0 Å². The lowest BCUT2D eigenvalue weighted by atomic mass is 10.2. The second-order valence-electron chi connectivity index (χ2n) is 4.27. The molecule has 5 nitrogen and oxygen atoms in total. The first-order chi connectivity index (χ1) is 8.13. The molecule has 1 unspecified atom stereocenters. The van der Waals surface area contributed by atoms with Crippen molar-refractivity contribution in [3.05, 3.63) is 5.69 Å². The predicted molar refractivity (Wildman–Crippen MR) is 71.2 cm³/mol. The highest BCUT2D eigenvalue weighted by atomic mass is 16.5. The average Bonchev–Trinajstić information content (AvgIpc) is 2.57. The van der Waals surface area contributed by atoms with Gasteiger partial charge >= 0.3 is 0 Å². The molecule has 0 bridgehead atoms. The highest BCUT2D eigenvalue weighted by Gasteiger charge is 2.15. The van der Waals surface area contributed by atoms with Crippen molar-refractivity contribution in [3.8, 4) is 0 Å². The van der Waals surface area contributed by atoms with E-state index in [9.17, 15) is 0 Å². The minimum Gasteiger partial charge on any atom is -0.394 e. The largest absolute Gasteiger partial charge is 0.394 e. The Balaban J connectivity index is 2.80. The summed E-state index contributed by atoms with van der Waals surface area (Å²) in [5, 5.41) is 7.81. The van der Waals surface area contributed by atoms with Crippen molar-refractivity contribution in [1.82, 2.24) is 9.78 Å². The van der Waals surface area contributed by atoms with Crippen molar-refractivity contribution in [2.24, 2.45) is 7.05 Å². The molecule has 98 valence electrons. The molecule has 0 aromatic carbocycles. The van der Waals surface area contributed by atoms with E-state index in [1.807, 2.05) is 11.7 Å². The maximum absolute atomic E-state index is 6.07. The molecule has 1 rings (SSSR count). The summed E-state index contributed by atoms with van der Waals surface area (Å²) >= 11 is 0. The molecule has 5 heteroatoms. The lowest BCUT2D eigenvalue weighted by Crippen LogP contribution is -2.26. The molecule has 3 N–H and O–H groups in total.